The van der Waals surface area contributed by atoms with Crippen LogP contribution in [0.4, 0.5) is 0 Å². The minimum Gasteiger partial charge on any atom is -0.318 e. The van der Waals surface area contributed by atoms with E-state index < -0.39 is 10.0 Å². The fourth-order valence-corrected chi connectivity index (χ4v) is 3.41. The Labute approximate surface area is 115 Å². The lowest BCUT2D eigenvalue weighted by Crippen LogP contribution is -2.31. The molecule has 0 saturated heterocycles. The molecule has 0 aromatic carbocycles. The van der Waals surface area contributed by atoms with Crippen LogP contribution < -0.4 is 10.0 Å². The molecule has 0 spiro atoms. The van der Waals surface area contributed by atoms with Gasteiger partial charge < -0.3 is 5.32 Å². The van der Waals surface area contributed by atoms with Gasteiger partial charge in [0.1, 0.15) is 4.90 Å². The predicted octanol–water partition coefficient (Wildman–Crippen LogP) is 0.654. The molecule has 7 heteroatoms. The summed E-state index contributed by atoms with van der Waals surface area (Å²) >= 11 is 0. The minimum absolute atomic E-state index is 0.309. The van der Waals surface area contributed by atoms with E-state index in [9.17, 15) is 8.42 Å². The van der Waals surface area contributed by atoms with Crippen LogP contribution in [0.25, 0.3) is 0 Å². The van der Waals surface area contributed by atoms with Crippen molar-refractivity contribution >= 4 is 10.0 Å². The number of aromatic nitrogens is 2. The third-order valence-corrected chi connectivity index (χ3v) is 4.50. The van der Waals surface area contributed by atoms with E-state index in [4.69, 9.17) is 0 Å². The van der Waals surface area contributed by atoms with Gasteiger partial charge in [-0.15, -0.1) is 0 Å². The van der Waals surface area contributed by atoms with Crippen molar-refractivity contribution in [2.75, 3.05) is 20.1 Å². The highest BCUT2D eigenvalue weighted by Crippen LogP contribution is 2.19. The fraction of sp³-hybridized carbons (Fsp3) is 0.750. The van der Waals surface area contributed by atoms with Crippen LogP contribution in [-0.4, -0.2) is 38.3 Å². The number of likely N-dealkylation sites (N-methyl/N-ethyl adjacent to an activating group) is 1. The van der Waals surface area contributed by atoms with E-state index in [1.54, 1.807) is 25.6 Å². The summed E-state index contributed by atoms with van der Waals surface area (Å²) in [6, 6.07) is 0. The van der Waals surface area contributed by atoms with Gasteiger partial charge in [0.05, 0.1) is 11.4 Å². The van der Waals surface area contributed by atoms with Gasteiger partial charge in [-0.3, -0.25) is 4.68 Å². The number of nitrogens with one attached hydrogen (secondary N) is 2. The molecule has 0 saturated carbocycles. The maximum absolute atomic E-state index is 12.3. The Hall–Kier alpha value is -0.920. The molecule has 110 valence electrons. The molecule has 1 aromatic heterocycles. The van der Waals surface area contributed by atoms with Crippen molar-refractivity contribution in [3.8, 4) is 0 Å². The lowest BCUT2D eigenvalue weighted by molar-refractivity contribution is 0.471. The number of nitrogens with zero attached hydrogens (tertiary/aromatic N) is 2. The van der Waals surface area contributed by atoms with Crippen molar-refractivity contribution in [1.82, 2.24) is 19.8 Å². The molecule has 6 nitrogen and oxygen atoms in total. The van der Waals surface area contributed by atoms with Gasteiger partial charge >= 0.3 is 0 Å². The highest BCUT2D eigenvalue weighted by Gasteiger charge is 2.24. The summed E-state index contributed by atoms with van der Waals surface area (Å²) in [5, 5.41) is 7.23. The van der Waals surface area contributed by atoms with Crippen LogP contribution in [0, 0.1) is 19.8 Å². The Balaban J connectivity index is 3.03. The number of sulfonamides is 1. The summed E-state index contributed by atoms with van der Waals surface area (Å²) in [5.41, 5.74) is 1.25. The van der Waals surface area contributed by atoms with E-state index in [1.807, 2.05) is 0 Å². The minimum atomic E-state index is -3.48. The van der Waals surface area contributed by atoms with Gasteiger partial charge in [-0.25, -0.2) is 13.1 Å². The Morgan fingerprint density at radius 3 is 2.42 bits per heavy atom. The number of hydrogen-bond donors (Lipinski definition) is 2. The Morgan fingerprint density at radius 1 is 1.26 bits per heavy atom. The molecule has 1 rings (SSSR count). The molecule has 0 aliphatic rings. The van der Waals surface area contributed by atoms with Crippen LogP contribution in [-0.2, 0) is 16.6 Å². The molecule has 1 heterocycles. The van der Waals surface area contributed by atoms with Crippen LogP contribution in [0.3, 0.4) is 0 Å². The molecule has 0 amide bonds. The maximum atomic E-state index is 12.3. The number of rotatable bonds is 7. The number of aryl methyl sites for hydroxylation is 1. The molecule has 0 fully saturated rings. The molecule has 1 aromatic rings. The van der Waals surface area contributed by atoms with E-state index in [0.29, 0.717) is 35.3 Å². The van der Waals surface area contributed by atoms with Crippen molar-refractivity contribution in [3.05, 3.63) is 11.4 Å². The summed E-state index contributed by atoms with van der Waals surface area (Å²) < 4.78 is 28.9. The standard InChI is InChI=1S/C12H24N4O2S/c1-9(2)8-16-11(4)12(10(3)15-16)19(17,18)14-7-6-13-5/h9,13-14H,6-8H2,1-5H3. The van der Waals surface area contributed by atoms with Crippen LogP contribution in [0.1, 0.15) is 25.2 Å². The average Bonchev–Trinajstić information content (AvgIpc) is 2.53. The average molecular weight is 288 g/mol. The first kappa shape index (κ1) is 16.1. The van der Waals surface area contributed by atoms with Gasteiger partial charge in [-0.1, -0.05) is 13.8 Å². The molecule has 0 unspecified atom stereocenters. The van der Waals surface area contributed by atoms with E-state index in [-0.39, 0.29) is 0 Å². The maximum Gasteiger partial charge on any atom is 0.244 e. The largest absolute Gasteiger partial charge is 0.318 e. The van der Waals surface area contributed by atoms with E-state index in [1.165, 1.54) is 0 Å². The lowest BCUT2D eigenvalue weighted by Gasteiger charge is -2.09. The smallest absolute Gasteiger partial charge is 0.244 e. The second-order valence-corrected chi connectivity index (χ2v) is 6.78. The molecular formula is C12H24N4O2S. The SMILES string of the molecule is CNCCNS(=O)(=O)c1c(C)nn(CC(C)C)c1C. The van der Waals surface area contributed by atoms with Crippen molar-refractivity contribution in [1.29, 1.82) is 0 Å². The molecule has 19 heavy (non-hydrogen) atoms. The topological polar surface area (TPSA) is 76.0 Å². The van der Waals surface area contributed by atoms with Gasteiger partial charge in [-0.05, 0) is 26.8 Å². The molecular weight excluding hydrogens is 264 g/mol. The molecule has 0 atom stereocenters. The van der Waals surface area contributed by atoms with Crippen molar-refractivity contribution in [3.63, 3.8) is 0 Å². The highest BCUT2D eigenvalue weighted by molar-refractivity contribution is 7.89. The quantitative estimate of drug-likeness (QED) is 0.723. The third kappa shape index (κ3) is 4.02. The van der Waals surface area contributed by atoms with E-state index in [0.717, 1.165) is 6.54 Å². The van der Waals surface area contributed by atoms with Gasteiger partial charge in [0.2, 0.25) is 10.0 Å². The van der Waals surface area contributed by atoms with E-state index in [2.05, 4.69) is 29.0 Å². The Morgan fingerprint density at radius 2 is 1.89 bits per heavy atom. The number of hydrogen-bond acceptors (Lipinski definition) is 4. The summed E-state index contributed by atoms with van der Waals surface area (Å²) in [7, 11) is -1.70. The van der Waals surface area contributed by atoms with Crippen LogP contribution in [0.5, 0.6) is 0 Å². The first-order chi connectivity index (χ1) is 8.79. The highest BCUT2D eigenvalue weighted by atomic mass is 32.2. The second kappa shape index (κ2) is 6.49. The van der Waals surface area contributed by atoms with Gasteiger partial charge in [-0.2, -0.15) is 5.10 Å². The summed E-state index contributed by atoms with van der Waals surface area (Å²) in [5.74, 6) is 0.422. The van der Waals surface area contributed by atoms with Crippen molar-refractivity contribution in [2.24, 2.45) is 5.92 Å². The van der Waals surface area contributed by atoms with Crippen molar-refractivity contribution < 1.29 is 8.42 Å². The van der Waals surface area contributed by atoms with Gasteiger partial charge in [0, 0.05) is 19.6 Å². The van der Waals surface area contributed by atoms with Crippen molar-refractivity contribution in [2.45, 2.75) is 39.1 Å². The molecule has 0 bridgehead atoms. The Kier molecular flexibility index (Phi) is 5.51. The van der Waals surface area contributed by atoms with Crippen LogP contribution in [0.2, 0.25) is 0 Å². The zero-order chi connectivity index (χ0) is 14.6. The second-order valence-electron chi connectivity index (χ2n) is 5.08. The summed E-state index contributed by atoms with van der Waals surface area (Å²) in [6.45, 7) is 9.38. The molecule has 0 aliphatic heterocycles. The van der Waals surface area contributed by atoms with Crippen LogP contribution >= 0.6 is 0 Å². The third-order valence-electron chi connectivity index (χ3n) is 2.79. The zero-order valence-corrected chi connectivity index (χ0v) is 13.1. The van der Waals surface area contributed by atoms with Gasteiger partial charge in [0.15, 0.2) is 0 Å². The molecule has 0 aliphatic carbocycles. The molecule has 2 N–H and O–H groups in total. The molecule has 0 radical (unpaired) electrons. The first-order valence-corrected chi connectivity index (χ1v) is 7.96. The summed E-state index contributed by atoms with van der Waals surface area (Å²) in [4.78, 5) is 0.309. The zero-order valence-electron chi connectivity index (χ0n) is 12.3. The fourth-order valence-electron chi connectivity index (χ4n) is 1.98. The Bertz CT molecular complexity index is 520. The predicted molar refractivity (Wildman–Crippen MR) is 75.7 cm³/mol. The normalized spacial score (nSPS) is 12.3. The monoisotopic (exact) mass is 288 g/mol. The van der Waals surface area contributed by atoms with Gasteiger partial charge in [0.25, 0.3) is 0 Å². The summed E-state index contributed by atoms with van der Waals surface area (Å²) in [6.07, 6.45) is 0. The van der Waals surface area contributed by atoms with E-state index >= 15 is 0 Å². The lowest BCUT2D eigenvalue weighted by atomic mass is 10.2. The van der Waals surface area contributed by atoms with Crippen LogP contribution in [0.15, 0.2) is 4.90 Å². The first-order valence-electron chi connectivity index (χ1n) is 6.48.